The fourth-order valence-corrected chi connectivity index (χ4v) is 2.08. The molecule has 0 radical (unpaired) electrons. The highest BCUT2D eigenvalue weighted by Gasteiger charge is 2.12. The lowest BCUT2D eigenvalue weighted by Gasteiger charge is -2.08. The van der Waals surface area contributed by atoms with Crippen molar-refractivity contribution in [3.8, 4) is 17.2 Å². The van der Waals surface area contributed by atoms with Crippen molar-refractivity contribution in [3.63, 3.8) is 0 Å². The van der Waals surface area contributed by atoms with Gasteiger partial charge in [-0.25, -0.2) is 5.43 Å². The molecule has 0 aliphatic carbocycles. The van der Waals surface area contributed by atoms with Gasteiger partial charge >= 0.3 is 0 Å². The van der Waals surface area contributed by atoms with Gasteiger partial charge in [-0.2, -0.15) is 5.10 Å². The largest absolute Gasteiger partial charge is 0.504 e. The Morgan fingerprint density at radius 3 is 2.58 bits per heavy atom. The van der Waals surface area contributed by atoms with Crippen molar-refractivity contribution in [2.75, 3.05) is 20.8 Å². The molecule has 0 heterocycles. The van der Waals surface area contributed by atoms with E-state index < -0.39 is 11.8 Å². The van der Waals surface area contributed by atoms with Crippen LogP contribution < -0.4 is 20.2 Å². The summed E-state index contributed by atoms with van der Waals surface area (Å²) in [5.41, 5.74) is 3.26. The number of phenolic OH excluding ortho intramolecular Hbond substituents is 1. The lowest BCUT2D eigenvalue weighted by atomic mass is 10.2. The molecule has 0 aliphatic heterocycles. The first-order chi connectivity index (χ1) is 12.5. The lowest BCUT2D eigenvalue weighted by molar-refractivity contribution is -0.120. The van der Waals surface area contributed by atoms with Crippen molar-refractivity contribution in [3.05, 3.63) is 53.6 Å². The molecule has 8 heteroatoms. The summed E-state index contributed by atoms with van der Waals surface area (Å²) in [7, 11) is 2.90. The Morgan fingerprint density at radius 1 is 1.12 bits per heavy atom. The number of carbonyl (C=O) groups is 2. The van der Waals surface area contributed by atoms with E-state index in [9.17, 15) is 14.7 Å². The summed E-state index contributed by atoms with van der Waals surface area (Å²) in [5.74, 6) is -0.193. The highest BCUT2D eigenvalue weighted by molar-refractivity contribution is 5.98. The van der Waals surface area contributed by atoms with Crippen LogP contribution in [0.25, 0.3) is 0 Å². The van der Waals surface area contributed by atoms with Gasteiger partial charge in [0.05, 0.1) is 32.5 Å². The van der Waals surface area contributed by atoms with Crippen molar-refractivity contribution in [1.29, 1.82) is 0 Å². The van der Waals surface area contributed by atoms with Crippen LogP contribution in [0.3, 0.4) is 0 Å². The number of para-hydroxylation sites is 1. The number of nitrogens with one attached hydrogen (secondary N) is 2. The van der Waals surface area contributed by atoms with Gasteiger partial charge < -0.3 is 19.9 Å². The second-order valence-electron chi connectivity index (χ2n) is 5.11. The number of methoxy groups -OCH3 is 2. The van der Waals surface area contributed by atoms with E-state index in [1.165, 1.54) is 26.5 Å². The van der Waals surface area contributed by atoms with Gasteiger partial charge in [-0.1, -0.05) is 12.1 Å². The van der Waals surface area contributed by atoms with Crippen LogP contribution >= 0.6 is 0 Å². The number of hydrogen-bond donors (Lipinski definition) is 3. The molecule has 0 aliphatic rings. The molecule has 2 aromatic carbocycles. The van der Waals surface area contributed by atoms with Gasteiger partial charge in [-0.3, -0.25) is 9.59 Å². The number of nitrogens with zero attached hydrogens (tertiary/aromatic N) is 1. The van der Waals surface area contributed by atoms with Crippen LogP contribution in [0, 0.1) is 0 Å². The van der Waals surface area contributed by atoms with Gasteiger partial charge in [-0.05, 0) is 35.9 Å². The number of hydrazone groups is 1. The minimum atomic E-state index is -0.491. The summed E-state index contributed by atoms with van der Waals surface area (Å²) in [5, 5.41) is 15.8. The summed E-state index contributed by atoms with van der Waals surface area (Å²) in [6, 6.07) is 11.3. The molecular formula is C18H19N3O5. The van der Waals surface area contributed by atoms with Crippen LogP contribution in [-0.2, 0) is 4.79 Å². The van der Waals surface area contributed by atoms with E-state index in [0.717, 1.165) is 0 Å². The zero-order valence-electron chi connectivity index (χ0n) is 14.4. The third kappa shape index (κ3) is 4.97. The Hall–Kier alpha value is -3.55. The number of aromatic hydroxyl groups is 1. The minimum Gasteiger partial charge on any atom is -0.504 e. The first kappa shape index (κ1) is 18.8. The highest BCUT2D eigenvalue weighted by atomic mass is 16.5. The smallest absolute Gasteiger partial charge is 0.259 e. The number of benzene rings is 2. The molecule has 0 saturated heterocycles. The fraction of sp³-hybridized carbons (Fsp3) is 0.167. The van der Waals surface area contributed by atoms with Gasteiger partial charge in [-0.15, -0.1) is 0 Å². The molecule has 0 fully saturated rings. The Morgan fingerprint density at radius 2 is 1.85 bits per heavy atom. The zero-order valence-corrected chi connectivity index (χ0v) is 14.4. The van der Waals surface area contributed by atoms with Gasteiger partial charge in [0, 0.05) is 0 Å². The first-order valence-electron chi connectivity index (χ1n) is 7.65. The average Bonchev–Trinajstić information content (AvgIpc) is 2.67. The van der Waals surface area contributed by atoms with Crippen LogP contribution in [0.15, 0.2) is 47.6 Å². The Labute approximate surface area is 150 Å². The molecule has 8 nitrogen and oxygen atoms in total. The van der Waals surface area contributed by atoms with E-state index in [-0.39, 0.29) is 12.3 Å². The molecule has 2 aromatic rings. The van der Waals surface area contributed by atoms with Gasteiger partial charge in [0.15, 0.2) is 11.5 Å². The maximum atomic E-state index is 12.1. The van der Waals surface area contributed by atoms with Crippen molar-refractivity contribution in [2.45, 2.75) is 0 Å². The van der Waals surface area contributed by atoms with Gasteiger partial charge in [0.25, 0.3) is 11.8 Å². The van der Waals surface area contributed by atoms with Crippen LogP contribution in [0.2, 0.25) is 0 Å². The minimum absolute atomic E-state index is 0.00716. The SMILES string of the molecule is COc1cc(/C=N\NC(=O)CNC(=O)c2ccccc2OC)ccc1O. The molecule has 0 atom stereocenters. The highest BCUT2D eigenvalue weighted by Crippen LogP contribution is 2.25. The fourth-order valence-electron chi connectivity index (χ4n) is 2.08. The summed E-state index contributed by atoms with van der Waals surface area (Å²) < 4.78 is 10.1. The summed E-state index contributed by atoms with van der Waals surface area (Å²) >= 11 is 0. The van der Waals surface area contributed by atoms with Gasteiger partial charge in [0.2, 0.25) is 0 Å². The molecule has 0 saturated carbocycles. The van der Waals surface area contributed by atoms with E-state index in [1.54, 1.807) is 36.4 Å². The average molecular weight is 357 g/mol. The van der Waals surface area contributed by atoms with Crippen molar-refractivity contribution in [1.82, 2.24) is 10.7 Å². The number of carbonyl (C=O) groups excluding carboxylic acids is 2. The van der Waals surface area contributed by atoms with Crippen LogP contribution in [0.4, 0.5) is 0 Å². The van der Waals surface area contributed by atoms with E-state index in [0.29, 0.717) is 22.6 Å². The van der Waals surface area contributed by atoms with E-state index in [1.807, 2.05) is 0 Å². The third-order valence-corrected chi connectivity index (χ3v) is 3.37. The zero-order chi connectivity index (χ0) is 18.9. The number of rotatable bonds is 7. The second kappa shape index (κ2) is 9.07. The Kier molecular flexibility index (Phi) is 6.55. The maximum Gasteiger partial charge on any atom is 0.259 e. The quantitative estimate of drug-likeness (QED) is 0.511. The summed E-state index contributed by atoms with van der Waals surface area (Å²) in [6.07, 6.45) is 1.39. The van der Waals surface area contributed by atoms with Crippen LogP contribution in [-0.4, -0.2) is 43.9 Å². The second-order valence-corrected chi connectivity index (χ2v) is 5.11. The third-order valence-electron chi connectivity index (χ3n) is 3.37. The van der Waals surface area contributed by atoms with Crippen molar-refractivity contribution < 1.29 is 24.2 Å². The number of phenols is 1. The standard InChI is InChI=1S/C18H19N3O5/c1-25-15-6-4-3-5-13(15)18(24)19-11-17(23)21-20-10-12-7-8-14(22)16(9-12)26-2/h3-10,22H,11H2,1-2H3,(H,19,24)(H,21,23)/b20-10-. The van der Waals surface area contributed by atoms with E-state index in [4.69, 9.17) is 9.47 Å². The molecule has 3 N–H and O–H groups in total. The number of ether oxygens (including phenoxy) is 2. The Balaban J connectivity index is 1.86. The molecule has 0 unspecified atom stereocenters. The molecule has 2 amide bonds. The molecular weight excluding hydrogens is 338 g/mol. The molecule has 0 spiro atoms. The van der Waals surface area contributed by atoms with E-state index >= 15 is 0 Å². The topological polar surface area (TPSA) is 109 Å². The van der Waals surface area contributed by atoms with E-state index in [2.05, 4.69) is 15.8 Å². The molecule has 0 aromatic heterocycles. The molecule has 0 bridgehead atoms. The molecule has 2 rings (SSSR count). The predicted octanol–water partition coefficient (Wildman–Crippen LogP) is 1.29. The summed E-state index contributed by atoms with van der Waals surface area (Å²) in [6.45, 7) is -0.243. The lowest BCUT2D eigenvalue weighted by Crippen LogP contribution is -2.35. The summed E-state index contributed by atoms with van der Waals surface area (Å²) in [4.78, 5) is 23.8. The van der Waals surface area contributed by atoms with Crippen molar-refractivity contribution >= 4 is 18.0 Å². The normalized spacial score (nSPS) is 10.4. The monoisotopic (exact) mass is 357 g/mol. The predicted molar refractivity (Wildman–Crippen MR) is 95.7 cm³/mol. The van der Waals surface area contributed by atoms with Gasteiger partial charge in [0.1, 0.15) is 5.75 Å². The number of amides is 2. The number of hydrogen-bond acceptors (Lipinski definition) is 6. The first-order valence-corrected chi connectivity index (χ1v) is 7.65. The maximum absolute atomic E-state index is 12.1. The Bertz CT molecular complexity index is 820. The van der Waals surface area contributed by atoms with Crippen LogP contribution in [0.1, 0.15) is 15.9 Å². The molecule has 136 valence electrons. The van der Waals surface area contributed by atoms with Crippen molar-refractivity contribution in [2.24, 2.45) is 5.10 Å². The molecule has 26 heavy (non-hydrogen) atoms. The van der Waals surface area contributed by atoms with Crippen LogP contribution in [0.5, 0.6) is 17.2 Å².